The van der Waals surface area contributed by atoms with Crippen molar-refractivity contribution in [1.82, 2.24) is 14.3 Å². The number of para-hydroxylation sites is 2. The van der Waals surface area contributed by atoms with E-state index in [2.05, 4.69) is 15.3 Å². The molecule has 8 heteroatoms. The Balaban J connectivity index is 1.50. The number of nitrogens with one attached hydrogen (secondary N) is 2. The summed E-state index contributed by atoms with van der Waals surface area (Å²) in [6.07, 6.45) is 2.37. The highest BCUT2D eigenvalue weighted by molar-refractivity contribution is 7.88. The van der Waals surface area contributed by atoms with Crippen LogP contribution in [0, 0.1) is 0 Å². The van der Waals surface area contributed by atoms with Crippen LogP contribution in [-0.2, 0) is 14.8 Å². The molecule has 1 aliphatic rings. The van der Waals surface area contributed by atoms with Crippen LogP contribution in [0.15, 0.2) is 48.5 Å². The Bertz CT molecular complexity index is 1060. The first-order chi connectivity index (χ1) is 12.9. The van der Waals surface area contributed by atoms with E-state index in [0.29, 0.717) is 25.1 Å². The van der Waals surface area contributed by atoms with Crippen molar-refractivity contribution in [1.29, 1.82) is 0 Å². The molecule has 0 spiro atoms. The fourth-order valence-electron chi connectivity index (χ4n) is 3.43. The third-order valence-electron chi connectivity index (χ3n) is 4.75. The highest BCUT2D eigenvalue weighted by Crippen LogP contribution is 2.24. The number of imidazole rings is 1. The van der Waals surface area contributed by atoms with E-state index >= 15 is 0 Å². The van der Waals surface area contributed by atoms with E-state index in [1.165, 1.54) is 4.31 Å². The topological polar surface area (TPSA) is 95.2 Å². The van der Waals surface area contributed by atoms with E-state index in [0.717, 1.165) is 28.7 Å². The van der Waals surface area contributed by atoms with Crippen molar-refractivity contribution in [3.05, 3.63) is 48.5 Å². The predicted octanol–water partition coefficient (Wildman–Crippen LogP) is 2.59. The maximum atomic E-state index is 12.5. The minimum Gasteiger partial charge on any atom is -0.338 e. The van der Waals surface area contributed by atoms with E-state index in [-0.39, 0.29) is 5.91 Å². The Hall–Kier alpha value is -2.71. The zero-order valence-electron chi connectivity index (χ0n) is 14.8. The van der Waals surface area contributed by atoms with Crippen LogP contribution in [0.25, 0.3) is 22.4 Å². The summed E-state index contributed by atoms with van der Waals surface area (Å²) in [5, 5.41) is 2.82. The van der Waals surface area contributed by atoms with Gasteiger partial charge in [-0.1, -0.05) is 12.1 Å². The average molecular weight is 384 g/mol. The maximum absolute atomic E-state index is 12.5. The number of aromatic amines is 1. The maximum Gasteiger partial charge on any atom is 0.242 e. The Morgan fingerprint density at radius 1 is 1.19 bits per heavy atom. The Morgan fingerprint density at radius 2 is 1.93 bits per heavy atom. The number of H-pyrrole nitrogens is 1. The summed E-state index contributed by atoms with van der Waals surface area (Å²) in [5.74, 6) is 0.461. The smallest absolute Gasteiger partial charge is 0.242 e. The first-order valence-electron chi connectivity index (χ1n) is 8.75. The molecule has 7 nitrogen and oxygen atoms in total. The third kappa shape index (κ3) is 3.58. The molecule has 0 saturated carbocycles. The number of carbonyl (C=O) groups excluding carboxylic acids is 1. The largest absolute Gasteiger partial charge is 0.338 e. The van der Waals surface area contributed by atoms with Crippen LogP contribution in [0.5, 0.6) is 0 Å². The number of carbonyl (C=O) groups is 1. The van der Waals surface area contributed by atoms with Crippen molar-refractivity contribution in [2.45, 2.75) is 18.9 Å². The molecule has 0 aliphatic carbocycles. The number of aromatic nitrogens is 2. The summed E-state index contributed by atoms with van der Waals surface area (Å²) >= 11 is 0. The number of hydrogen-bond donors (Lipinski definition) is 2. The van der Waals surface area contributed by atoms with E-state index < -0.39 is 16.1 Å². The molecule has 0 radical (unpaired) electrons. The molecular formula is C19H20N4O3S. The highest BCUT2D eigenvalue weighted by atomic mass is 32.2. The molecule has 1 aliphatic heterocycles. The third-order valence-corrected chi connectivity index (χ3v) is 6.04. The molecule has 1 amide bonds. The van der Waals surface area contributed by atoms with Gasteiger partial charge in [-0.2, -0.15) is 4.31 Å². The molecule has 1 fully saturated rings. The van der Waals surface area contributed by atoms with Crippen molar-refractivity contribution in [2.75, 3.05) is 18.1 Å². The number of sulfonamides is 1. The summed E-state index contributed by atoms with van der Waals surface area (Å²) in [5.41, 5.74) is 3.39. The van der Waals surface area contributed by atoms with Gasteiger partial charge in [0, 0.05) is 17.8 Å². The van der Waals surface area contributed by atoms with Gasteiger partial charge < -0.3 is 10.3 Å². The highest BCUT2D eigenvalue weighted by Gasteiger charge is 2.36. The molecular weight excluding hydrogens is 364 g/mol. The second-order valence-corrected chi connectivity index (χ2v) is 8.64. The lowest BCUT2D eigenvalue weighted by Gasteiger charge is -2.21. The molecule has 140 valence electrons. The molecule has 1 aromatic heterocycles. The number of anilines is 1. The number of nitrogens with zero attached hydrogens (tertiary/aromatic N) is 2. The Morgan fingerprint density at radius 3 is 2.63 bits per heavy atom. The molecule has 0 bridgehead atoms. The number of hydrogen-bond acceptors (Lipinski definition) is 4. The molecule has 2 N–H and O–H groups in total. The summed E-state index contributed by atoms with van der Waals surface area (Å²) in [4.78, 5) is 20.3. The van der Waals surface area contributed by atoms with Crippen molar-refractivity contribution < 1.29 is 13.2 Å². The van der Waals surface area contributed by atoms with E-state index in [9.17, 15) is 13.2 Å². The number of fused-ring (bicyclic) bond motifs is 1. The molecule has 1 saturated heterocycles. The monoisotopic (exact) mass is 384 g/mol. The van der Waals surface area contributed by atoms with Crippen LogP contribution in [0.2, 0.25) is 0 Å². The normalized spacial score (nSPS) is 18.0. The Kier molecular flexibility index (Phi) is 4.45. The van der Waals surface area contributed by atoms with Crippen LogP contribution < -0.4 is 5.32 Å². The zero-order chi connectivity index (χ0) is 19.0. The van der Waals surface area contributed by atoms with Gasteiger partial charge in [0.05, 0.1) is 17.3 Å². The fourth-order valence-corrected chi connectivity index (χ4v) is 4.55. The van der Waals surface area contributed by atoms with Gasteiger partial charge in [0.15, 0.2) is 0 Å². The summed E-state index contributed by atoms with van der Waals surface area (Å²) < 4.78 is 24.9. The molecule has 2 aromatic carbocycles. The molecule has 4 rings (SSSR count). The van der Waals surface area contributed by atoms with Crippen molar-refractivity contribution >= 4 is 32.7 Å². The van der Waals surface area contributed by atoms with Gasteiger partial charge in [-0.05, 0) is 49.2 Å². The number of amides is 1. The minimum absolute atomic E-state index is 0.297. The second-order valence-electron chi connectivity index (χ2n) is 6.70. The van der Waals surface area contributed by atoms with Gasteiger partial charge in [0.2, 0.25) is 15.9 Å². The molecule has 3 aromatic rings. The quantitative estimate of drug-likeness (QED) is 0.723. The van der Waals surface area contributed by atoms with Crippen molar-refractivity contribution in [3.63, 3.8) is 0 Å². The number of rotatable bonds is 4. The Labute approximate surface area is 157 Å². The molecule has 1 unspecified atom stereocenters. The summed E-state index contributed by atoms with van der Waals surface area (Å²) in [6.45, 7) is 0.391. The van der Waals surface area contributed by atoms with Gasteiger partial charge in [-0.3, -0.25) is 4.79 Å². The minimum atomic E-state index is -3.38. The molecule has 2 heterocycles. The first-order valence-corrected chi connectivity index (χ1v) is 10.6. The first kappa shape index (κ1) is 17.7. The lowest BCUT2D eigenvalue weighted by atomic mass is 10.1. The van der Waals surface area contributed by atoms with E-state index in [1.54, 1.807) is 12.1 Å². The fraction of sp³-hybridized carbons (Fsp3) is 0.263. The summed E-state index contributed by atoms with van der Waals surface area (Å²) in [6, 6.07) is 14.5. The standard InChI is InChI=1S/C19H20N4O3S/c1-27(25,26)23-12-4-7-17(23)19(24)20-14-10-8-13(9-11-14)18-21-15-5-2-3-6-16(15)22-18/h2-3,5-6,8-11,17H,4,7,12H2,1H3,(H,20,24)(H,21,22). The summed E-state index contributed by atoms with van der Waals surface area (Å²) in [7, 11) is -3.38. The van der Waals surface area contributed by atoms with E-state index in [4.69, 9.17) is 0 Å². The second kappa shape index (κ2) is 6.79. The van der Waals surface area contributed by atoms with Gasteiger partial charge in [0.1, 0.15) is 11.9 Å². The van der Waals surface area contributed by atoms with Gasteiger partial charge in [-0.25, -0.2) is 13.4 Å². The zero-order valence-corrected chi connectivity index (χ0v) is 15.7. The van der Waals surface area contributed by atoms with Crippen LogP contribution in [0.3, 0.4) is 0 Å². The number of benzene rings is 2. The molecule has 27 heavy (non-hydrogen) atoms. The lowest BCUT2D eigenvalue weighted by Crippen LogP contribution is -2.42. The average Bonchev–Trinajstić information content (AvgIpc) is 3.29. The van der Waals surface area contributed by atoms with Crippen molar-refractivity contribution in [3.8, 4) is 11.4 Å². The predicted molar refractivity (Wildman–Crippen MR) is 105 cm³/mol. The van der Waals surface area contributed by atoms with Crippen LogP contribution in [-0.4, -0.2) is 47.4 Å². The van der Waals surface area contributed by atoms with Gasteiger partial charge in [0.25, 0.3) is 0 Å². The SMILES string of the molecule is CS(=O)(=O)N1CCCC1C(=O)Nc1ccc(-c2nc3ccccc3[nH]2)cc1. The van der Waals surface area contributed by atoms with E-state index in [1.807, 2.05) is 36.4 Å². The van der Waals surface area contributed by atoms with Crippen LogP contribution in [0.4, 0.5) is 5.69 Å². The van der Waals surface area contributed by atoms with Crippen molar-refractivity contribution in [2.24, 2.45) is 0 Å². The van der Waals surface area contributed by atoms with Gasteiger partial charge in [-0.15, -0.1) is 0 Å². The lowest BCUT2D eigenvalue weighted by molar-refractivity contribution is -0.119. The van der Waals surface area contributed by atoms with Gasteiger partial charge >= 0.3 is 0 Å². The van der Waals surface area contributed by atoms with Crippen LogP contribution in [0.1, 0.15) is 12.8 Å². The molecule has 1 atom stereocenters. The van der Waals surface area contributed by atoms with Crippen LogP contribution >= 0.6 is 0 Å².